The fraction of sp³-hybridized carbons (Fsp3) is 0.0588. The molecule has 1 heterocycles. The van der Waals surface area contributed by atoms with Gasteiger partial charge < -0.3 is 5.11 Å². The molecular weight excluding hydrogens is 369 g/mol. The molecule has 2 aromatic rings. The third-order valence-corrected chi connectivity index (χ3v) is 5.04. The Hall–Kier alpha value is -1.95. The summed E-state index contributed by atoms with van der Waals surface area (Å²) >= 11 is 12.7. The van der Waals surface area contributed by atoms with Crippen molar-refractivity contribution < 1.29 is 14.7 Å². The molecular formula is C17H11Cl2NO3S. The maximum atomic E-state index is 12.5. The first-order valence-corrected chi connectivity index (χ1v) is 8.49. The molecule has 0 radical (unpaired) electrons. The Bertz CT molecular complexity index is 849. The van der Waals surface area contributed by atoms with E-state index >= 15 is 0 Å². The van der Waals surface area contributed by atoms with Crippen LogP contribution >= 0.6 is 35.0 Å². The number of hydrogen-bond donors (Lipinski definition) is 1. The van der Waals surface area contributed by atoms with Gasteiger partial charge in [-0.15, -0.1) is 0 Å². The Labute approximate surface area is 152 Å². The second-order valence-electron chi connectivity index (χ2n) is 5.11. The van der Waals surface area contributed by atoms with E-state index in [2.05, 4.69) is 0 Å². The molecule has 24 heavy (non-hydrogen) atoms. The molecule has 0 bridgehead atoms. The highest BCUT2D eigenvalue weighted by Crippen LogP contribution is 2.34. The van der Waals surface area contributed by atoms with Crippen molar-refractivity contribution in [2.45, 2.75) is 6.54 Å². The van der Waals surface area contributed by atoms with E-state index in [0.717, 1.165) is 27.8 Å². The van der Waals surface area contributed by atoms with Crippen molar-refractivity contribution in [1.82, 2.24) is 4.90 Å². The van der Waals surface area contributed by atoms with E-state index in [1.165, 1.54) is 12.1 Å². The highest BCUT2D eigenvalue weighted by Gasteiger charge is 2.35. The molecule has 1 saturated heterocycles. The summed E-state index contributed by atoms with van der Waals surface area (Å²) in [6, 6.07) is 11.4. The lowest BCUT2D eigenvalue weighted by atomic mass is 10.2. The number of carbonyl (C=O) groups excluding carboxylic acids is 2. The second kappa shape index (κ2) is 6.89. The predicted octanol–water partition coefficient (Wildman–Crippen LogP) is 4.94. The smallest absolute Gasteiger partial charge is 0.293 e. The maximum Gasteiger partial charge on any atom is 0.293 e. The lowest BCUT2D eigenvalue weighted by molar-refractivity contribution is -0.123. The fourth-order valence-electron chi connectivity index (χ4n) is 2.18. The lowest BCUT2D eigenvalue weighted by Gasteiger charge is -2.12. The van der Waals surface area contributed by atoms with Gasteiger partial charge in [0, 0.05) is 0 Å². The number of halogens is 2. The van der Waals surface area contributed by atoms with Gasteiger partial charge in [-0.25, -0.2) is 0 Å². The van der Waals surface area contributed by atoms with Gasteiger partial charge in [0.15, 0.2) is 0 Å². The topological polar surface area (TPSA) is 57.6 Å². The number of carbonyl (C=O) groups is 2. The van der Waals surface area contributed by atoms with Crippen molar-refractivity contribution >= 4 is 52.2 Å². The first kappa shape index (κ1) is 16.9. The SMILES string of the molecule is O=C1S/C(=C/c2ccc(O)cc2)C(=O)N1Cc1ccc(Cl)c(Cl)c1. The van der Waals surface area contributed by atoms with Gasteiger partial charge in [0.25, 0.3) is 11.1 Å². The minimum absolute atomic E-state index is 0.133. The number of hydrogen-bond acceptors (Lipinski definition) is 4. The standard InChI is InChI=1S/C17H11Cl2NO3S/c18-13-6-3-11(7-14(13)19)9-20-16(22)15(24-17(20)23)8-10-1-4-12(21)5-2-10/h1-8,21H,9H2/b15-8+. The van der Waals surface area contributed by atoms with Gasteiger partial charge in [-0.1, -0.05) is 41.4 Å². The summed E-state index contributed by atoms with van der Waals surface area (Å²) in [5, 5.41) is 9.74. The number of rotatable bonds is 3. The maximum absolute atomic E-state index is 12.5. The molecule has 2 aromatic carbocycles. The number of nitrogens with zero attached hydrogens (tertiary/aromatic N) is 1. The molecule has 122 valence electrons. The molecule has 4 nitrogen and oxygen atoms in total. The molecule has 0 atom stereocenters. The molecule has 1 aliphatic heterocycles. The molecule has 1 N–H and O–H groups in total. The van der Waals surface area contributed by atoms with Crippen LogP contribution in [0.4, 0.5) is 4.79 Å². The summed E-state index contributed by atoms with van der Waals surface area (Å²) < 4.78 is 0. The van der Waals surface area contributed by atoms with E-state index in [0.29, 0.717) is 15.0 Å². The van der Waals surface area contributed by atoms with Crippen molar-refractivity contribution in [2.24, 2.45) is 0 Å². The van der Waals surface area contributed by atoms with Crippen LogP contribution in [-0.4, -0.2) is 21.2 Å². The van der Waals surface area contributed by atoms with Crippen molar-refractivity contribution in [2.75, 3.05) is 0 Å². The molecule has 7 heteroatoms. The van der Waals surface area contributed by atoms with Crippen molar-refractivity contribution in [1.29, 1.82) is 0 Å². The van der Waals surface area contributed by atoms with Crippen LogP contribution in [0.1, 0.15) is 11.1 Å². The van der Waals surface area contributed by atoms with Crippen LogP contribution in [0.15, 0.2) is 47.4 Å². The molecule has 0 unspecified atom stereocenters. The van der Waals surface area contributed by atoms with Gasteiger partial charge in [0.1, 0.15) is 5.75 Å². The van der Waals surface area contributed by atoms with Crippen molar-refractivity contribution in [3.63, 3.8) is 0 Å². The molecule has 0 aromatic heterocycles. The lowest BCUT2D eigenvalue weighted by Crippen LogP contribution is -2.27. The Kier molecular flexibility index (Phi) is 4.85. The normalized spacial score (nSPS) is 16.2. The van der Waals surface area contributed by atoms with Gasteiger partial charge in [0.2, 0.25) is 0 Å². The van der Waals surface area contributed by atoms with Crippen molar-refractivity contribution in [3.05, 3.63) is 68.5 Å². The van der Waals surface area contributed by atoms with Crippen LogP contribution in [0, 0.1) is 0 Å². The minimum Gasteiger partial charge on any atom is -0.508 e. The zero-order chi connectivity index (χ0) is 17.3. The van der Waals surface area contributed by atoms with Crippen molar-refractivity contribution in [3.8, 4) is 5.75 Å². The van der Waals surface area contributed by atoms with E-state index in [1.54, 1.807) is 36.4 Å². The molecule has 0 aliphatic carbocycles. The number of benzene rings is 2. The van der Waals surface area contributed by atoms with Crippen LogP contribution in [0.5, 0.6) is 5.75 Å². The van der Waals surface area contributed by atoms with E-state index in [1.807, 2.05) is 0 Å². The fourth-order valence-corrected chi connectivity index (χ4v) is 3.34. The summed E-state index contributed by atoms with van der Waals surface area (Å²) in [5.41, 5.74) is 1.45. The number of aromatic hydroxyl groups is 1. The highest BCUT2D eigenvalue weighted by atomic mass is 35.5. The average Bonchev–Trinajstić information content (AvgIpc) is 2.81. The number of amides is 2. The molecule has 1 aliphatic rings. The van der Waals surface area contributed by atoms with Crippen LogP contribution in [-0.2, 0) is 11.3 Å². The van der Waals surface area contributed by atoms with Gasteiger partial charge in [-0.3, -0.25) is 14.5 Å². The third-order valence-electron chi connectivity index (χ3n) is 3.39. The van der Waals surface area contributed by atoms with Gasteiger partial charge in [0.05, 0.1) is 21.5 Å². The van der Waals surface area contributed by atoms with Crippen LogP contribution in [0.25, 0.3) is 6.08 Å². The summed E-state index contributed by atoms with van der Waals surface area (Å²) in [7, 11) is 0. The highest BCUT2D eigenvalue weighted by molar-refractivity contribution is 8.18. The van der Waals surface area contributed by atoms with Crippen LogP contribution in [0.2, 0.25) is 10.0 Å². The van der Waals surface area contributed by atoms with E-state index in [9.17, 15) is 14.7 Å². The summed E-state index contributed by atoms with van der Waals surface area (Å²) in [4.78, 5) is 26.1. The van der Waals surface area contributed by atoms with Gasteiger partial charge in [-0.05, 0) is 53.2 Å². The molecule has 3 rings (SSSR count). The zero-order valence-electron chi connectivity index (χ0n) is 12.2. The molecule has 0 saturated carbocycles. The Morgan fingerprint density at radius 2 is 1.75 bits per heavy atom. The first-order valence-electron chi connectivity index (χ1n) is 6.92. The van der Waals surface area contributed by atoms with E-state index in [-0.39, 0.29) is 23.4 Å². The van der Waals surface area contributed by atoms with Crippen LogP contribution in [0.3, 0.4) is 0 Å². The number of imide groups is 1. The quantitative estimate of drug-likeness (QED) is 0.767. The number of phenolic OH excluding ortho intramolecular Hbond substituents is 1. The summed E-state index contributed by atoms with van der Waals surface area (Å²) in [6.07, 6.45) is 1.62. The average molecular weight is 380 g/mol. The summed E-state index contributed by atoms with van der Waals surface area (Å²) in [5.74, 6) is -0.219. The zero-order valence-corrected chi connectivity index (χ0v) is 14.5. The molecule has 0 spiro atoms. The summed E-state index contributed by atoms with van der Waals surface area (Å²) in [6.45, 7) is 0.133. The monoisotopic (exact) mass is 379 g/mol. The van der Waals surface area contributed by atoms with E-state index in [4.69, 9.17) is 23.2 Å². The Balaban J connectivity index is 1.81. The molecule has 1 fully saturated rings. The number of phenols is 1. The Morgan fingerprint density at radius 3 is 2.42 bits per heavy atom. The Morgan fingerprint density at radius 1 is 1.04 bits per heavy atom. The largest absolute Gasteiger partial charge is 0.508 e. The van der Waals surface area contributed by atoms with Crippen LogP contribution < -0.4 is 0 Å². The van der Waals surface area contributed by atoms with Gasteiger partial charge >= 0.3 is 0 Å². The second-order valence-corrected chi connectivity index (χ2v) is 6.92. The van der Waals surface area contributed by atoms with E-state index < -0.39 is 0 Å². The predicted molar refractivity (Wildman–Crippen MR) is 96.1 cm³/mol. The minimum atomic E-state index is -0.357. The third kappa shape index (κ3) is 3.59. The number of thioether (sulfide) groups is 1. The molecule has 2 amide bonds. The first-order chi connectivity index (χ1) is 11.4. The van der Waals surface area contributed by atoms with Gasteiger partial charge in [-0.2, -0.15) is 0 Å².